The Bertz CT molecular complexity index is 748. The Morgan fingerprint density at radius 2 is 1.14 bits per heavy atom. The van der Waals surface area contributed by atoms with E-state index < -0.39 is 66.9 Å². The van der Waals surface area contributed by atoms with Crippen LogP contribution < -0.4 is 0 Å². The van der Waals surface area contributed by atoms with Crippen molar-refractivity contribution in [1.29, 1.82) is 0 Å². The van der Waals surface area contributed by atoms with Crippen molar-refractivity contribution in [1.82, 2.24) is 4.90 Å². The molecule has 208 valence electrons. The van der Waals surface area contributed by atoms with Gasteiger partial charge >= 0.3 is 47.9 Å². The van der Waals surface area contributed by atoms with Crippen LogP contribution in [0.3, 0.4) is 0 Å². The van der Waals surface area contributed by atoms with Crippen LogP contribution >= 0.6 is 0 Å². The van der Waals surface area contributed by atoms with Crippen LogP contribution in [0.2, 0.25) is 0 Å². The van der Waals surface area contributed by atoms with Gasteiger partial charge in [-0.05, 0) is 6.42 Å². The Hall–Kier alpha value is -1.91. The molecular weight excluding hydrogens is 538 g/mol. The first-order valence-electron chi connectivity index (χ1n) is 9.20. The lowest BCUT2D eigenvalue weighted by Gasteiger charge is -2.42. The van der Waals surface area contributed by atoms with E-state index in [4.69, 9.17) is 0 Å². The highest BCUT2D eigenvalue weighted by Crippen LogP contribution is 2.62. The van der Waals surface area contributed by atoms with Gasteiger partial charge in [0.15, 0.2) is 0 Å². The summed E-state index contributed by atoms with van der Waals surface area (Å²) >= 11 is 0. The summed E-state index contributed by atoms with van der Waals surface area (Å²) in [5.74, 6) is -59.3. The number of nitrogens with zero attached hydrogens (tertiary/aromatic N) is 1. The molecule has 0 saturated carbocycles. The monoisotopic (exact) mass is 555 g/mol. The number of hydrogen-bond donors (Lipinski definition) is 0. The largest absolute Gasteiger partial charge is 0.392 e. The van der Waals surface area contributed by atoms with Gasteiger partial charge in [-0.3, -0.25) is 4.79 Å². The fourth-order valence-electron chi connectivity index (χ4n) is 2.45. The van der Waals surface area contributed by atoms with E-state index >= 15 is 0 Å². The van der Waals surface area contributed by atoms with E-state index in [0.29, 0.717) is 12.5 Å². The molecule has 0 N–H and O–H groups in total. The Morgan fingerprint density at radius 3 is 1.51 bits per heavy atom. The van der Waals surface area contributed by atoms with Gasteiger partial charge in [0.05, 0.1) is 0 Å². The summed E-state index contributed by atoms with van der Waals surface area (Å²) in [4.78, 5) is 11.5. The predicted molar refractivity (Wildman–Crippen MR) is 86.9 cm³/mol. The van der Waals surface area contributed by atoms with Crippen LogP contribution in [-0.2, 0) is 4.79 Å². The number of rotatable bonds is 14. The highest BCUT2D eigenvalue weighted by molar-refractivity contribution is 5.85. The van der Waals surface area contributed by atoms with Crippen LogP contribution in [0.1, 0.15) is 26.2 Å². The van der Waals surface area contributed by atoms with Crippen LogP contribution in [-0.4, -0.2) is 71.8 Å². The van der Waals surface area contributed by atoms with E-state index in [1.165, 1.54) is 6.92 Å². The van der Waals surface area contributed by atoms with Crippen LogP contribution in [0.5, 0.6) is 0 Å². The second-order valence-corrected chi connectivity index (χ2v) is 7.12. The molecule has 0 heterocycles. The molecule has 0 aliphatic heterocycles. The van der Waals surface area contributed by atoms with E-state index in [1.54, 1.807) is 0 Å². The fraction of sp³-hybridized carbons (Fsp3) is 0.824. The average molecular weight is 555 g/mol. The lowest BCUT2D eigenvalue weighted by atomic mass is 9.89. The Balaban J connectivity index is 6.63. The van der Waals surface area contributed by atoms with E-state index in [1.807, 2.05) is 0 Å². The summed E-state index contributed by atoms with van der Waals surface area (Å²) in [6.07, 6.45) is -5.09. The predicted octanol–water partition coefficient (Wildman–Crippen LogP) is 6.90. The molecule has 18 heteroatoms. The molecule has 0 radical (unpaired) electrons. The van der Waals surface area contributed by atoms with Crippen molar-refractivity contribution >= 4 is 5.91 Å². The lowest BCUT2D eigenvalue weighted by molar-refractivity contribution is -0.444. The van der Waals surface area contributed by atoms with Crippen molar-refractivity contribution in [2.45, 2.75) is 74.1 Å². The SMILES string of the molecule is C=CCN(CCCCC)C(=O)C(F)(F)C(F)(F)C(F)(F)C(F)(F)C(F)(F)C(F)(F)C(F)(F)C(F)F. The Kier molecular flexibility index (Phi) is 9.66. The number of unbranched alkanes of at least 4 members (excludes halogenated alkanes) is 2. The smallest absolute Gasteiger partial charge is 0.334 e. The van der Waals surface area contributed by atoms with Crippen LogP contribution in [0.25, 0.3) is 0 Å². The van der Waals surface area contributed by atoms with Crippen molar-refractivity contribution in [3.8, 4) is 0 Å². The van der Waals surface area contributed by atoms with E-state index in [0.717, 1.165) is 0 Å². The molecule has 1 amide bonds. The minimum atomic E-state index is -8.53. The van der Waals surface area contributed by atoms with Gasteiger partial charge in [-0.25, -0.2) is 8.78 Å². The second kappa shape index (κ2) is 10.2. The standard InChI is InChI=1S/C17H17F16NO/c1-3-5-6-8-34(7-4-2)10(35)12(22,23)14(26,27)16(30,31)17(32,33)15(28,29)13(24,25)11(20,21)9(18)19/h4,9H,2-3,5-8H2,1H3. The van der Waals surface area contributed by atoms with E-state index in [2.05, 4.69) is 6.58 Å². The molecule has 0 atom stereocenters. The van der Waals surface area contributed by atoms with Crippen molar-refractivity contribution in [2.24, 2.45) is 0 Å². The normalized spacial score (nSPS) is 14.9. The molecule has 0 rings (SSSR count). The van der Waals surface area contributed by atoms with Crippen molar-refractivity contribution in [3.63, 3.8) is 0 Å². The molecule has 0 aliphatic rings. The maximum absolute atomic E-state index is 14.1. The first-order chi connectivity index (χ1) is 15.4. The van der Waals surface area contributed by atoms with Gasteiger partial charge < -0.3 is 4.90 Å². The Morgan fingerprint density at radius 1 is 0.743 bits per heavy atom. The van der Waals surface area contributed by atoms with Gasteiger partial charge in [-0.15, -0.1) is 6.58 Å². The zero-order chi connectivity index (χ0) is 28.5. The number of carbonyl (C=O) groups is 1. The van der Waals surface area contributed by atoms with Gasteiger partial charge in [0.1, 0.15) is 0 Å². The Labute approximate surface area is 186 Å². The zero-order valence-corrected chi connectivity index (χ0v) is 17.3. The molecule has 0 spiro atoms. The second-order valence-electron chi connectivity index (χ2n) is 7.12. The molecular formula is C17H17F16NO. The topological polar surface area (TPSA) is 20.3 Å². The third kappa shape index (κ3) is 5.02. The highest BCUT2D eigenvalue weighted by Gasteiger charge is 2.94. The van der Waals surface area contributed by atoms with Crippen molar-refractivity contribution < 1.29 is 75.0 Å². The third-order valence-electron chi connectivity index (χ3n) is 4.60. The fourth-order valence-corrected chi connectivity index (χ4v) is 2.45. The molecule has 2 nitrogen and oxygen atoms in total. The van der Waals surface area contributed by atoms with Crippen LogP contribution in [0.15, 0.2) is 12.7 Å². The molecule has 0 aliphatic carbocycles. The molecule has 0 aromatic rings. The molecule has 0 bridgehead atoms. The maximum Gasteiger partial charge on any atom is 0.392 e. The molecule has 0 unspecified atom stereocenters. The summed E-state index contributed by atoms with van der Waals surface area (Å²) in [6, 6.07) is 0. The minimum absolute atomic E-state index is 0.136. The van der Waals surface area contributed by atoms with Gasteiger partial charge in [-0.2, -0.15) is 61.5 Å². The summed E-state index contributed by atoms with van der Waals surface area (Å²) in [7, 11) is 0. The number of hydrogen-bond acceptors (Lipinski definition) is 1. The lowest BCUT2D eigenvalue weighted by Crippen LogP contribution is -2.74. The van der Waals surface area contributed by atoms with Crippen molar-refractivity contribution in [2.75, 3.05) is 13.1 Å². The summed E-state index contributed by atoms with van der Waals surface area (Å²) in [5.41, 5.74) is 0. The maximum atomic E-state index is 14.1. The van der Waals surface area contributed by atoms with Gasteiger partial charge in [-0.1, -0.05) is 25.8 Å². The molecule has 0 aromatic heterocycles. The zero-order valence-electron chi connectivity index (χ0n) is 17.3. The first-order valence-corrected chi connectivity index (χ1v) is 9.20. The van der Waals surface area contributed by atoms with Gasteiger partial charge in [0, 0.05) is 13.1 Å². The van der Waals surface area contributed by atoms with E-state index in [9.17, 15) is 75.0 Å². The molecule has 35 heavy (non-hydrogen) atoms. The highest BCUT2D eigenvalue weighted by atomic mass is 19.4. The van der Waals surface area contributed by atoms with Gasteiger partial charge in [0.25, 0.3) is 5.91 Å². The summed E-state index contributed by atoms with van der Waals surface area (Å²) < 4.78 is 214. The molecule has 0 saturated heterocycles. The first kappa shape index (κ1) is 33.1. The van der Waals surface area contributed by atoms with Crippen LogP contribution in [0, 0.1) is 0 Å². The van der Waals surface area contributed by atoms with Crippen molar-refractivity contribution in [3.05, 3.63) is 12.7 Å². The molecule has 0 fully saturated rings. The number of amides is 1. The number of alkyl halides is 16. The van der Waals surface area contributed by atoms with Gasteiger partial charge in [0.2, 0.25) is 0 Å². The van der Waals surface area contributed by atoms with E-state index in [-0.39, 0.29) is 17.7 Å². The third-order valence-corrected chi connectivity index (χ3v) is 4.60. The molecule has 0 aromatic carbocycles. The summed E-state index contributed by atoms with van der Waals surface area (Å²) in [6.45, 7) is 2.49. The number of carbonyl (C=O) groups excluding carboxylic acids is 1. The quantitative estimate of drug-likeness (QED) is 0.130. The number of halogens is 16. The average Bonchev–Trinajstić information content (AvgIpc) is 2.71. The summed E-state index contributed by atoms with van der Waals surface area (Å²) in [5, 5.41) is 0. The minimum Gasteiger partial charge on any atom is -0.334 e. The van der Waals surface area contributed by atoms with Crippen LogP contribution in [0.4, 0.5) is 70.2 Å².